The molecular weight excluding hydrogens is 332 g/mol. The highest BCUT2D eigenvalue weighted by Crippen LogP contribution is 2.83. The number of rotatable bonds is 4. The van der Waals surface area contributed by atoms with Crippen molar-refractivity contribution in [3.8, 4) is 0 Å². The predicted molar refractivity (Wildman–Crippen MR) is 115 cm³/mol. The van der Waals surface area contributed by atoms with Gasteiger partial charge in [0.15, 0.2) is 0 Å². The minimum absolute atomic E-state index is 0.439. The molecule has 2 heteroatoms. The van der Waals surface area contributed by atoms with Crippen molar-refractivity contribution in [2.24, 2.45) is 11.8 Å². The van der Waals surface area contributed by atoms with Crippen LogP contribution in [0.1, 0.15) is 73.8 Å². The van der Waals surface area contributed by atoms with Crippen LogP contribution in [0, 0.1) is 11.8 Å². The van der Waals surface area contributed by atoms with E-state index in [4.69, 9.17) is 4.74 Å². The van der Waals surface area contributed by atoms with E-state index in [1.807, 2.05) is 0 Å². The van der Waals surface area contributed by atoms with Gasteiger partial charge in [-0.1, -0.05) is 91.8 Å². The van der Waals surface area contributed by atoms with Crippen molar-refractivity contribution in [3.63, 3.8) is 0 Å². The lowest BCUT2D eigenvalue weighted by Gasteiger charge is -2.46. The zero-order chi connectivity index (χ0) is 19.4. The van der Waals surface area contributed by atoms with Gasteiger partial charge in [-0.25, -0.2) is 0 Å². The van der Waals surface area contributed by atoms with Crippen LogP contribution in [-0.2, 0) is 11.3 Å². The minimum atomic E-state index is -1.43. The van der Waals surface area contributed by atoms with Crippen LogP contribution in [0.2, 0.25) is 21.2 Å². The third-order valence-corrected chi connectivity index (χ3v) is 16.4. The third-order valence-electron chi connectivity index (χ3n) is 7.91. The van der Waals surface area contributed by atoms with Crippen LogP contribution < -0.4 is 0 Å². The first-order chi connectivity index (χ1) is 11.9. The fourth-order valence-electron chi connectivity index (χ4n) is 7.20. The SMILES string of the molecule is C[C@@H]1C[C@@H](C2(C)C[Si]2(C(C)(C)C)C(C)(C)C)[C@H](OCc2ccccc2)C1. The van der Waals surface area contributed by atoms with Crippen LogP contribution in [0.5, 0.6) is 0 Å². The average molecular weight is 373 g/mol. The molecule has 1 aromatic rings. The lowest BCUT2D eigenvalue weighted by atomic mass is 9.91. The van der Waals surface area contributed by atoms with E-state index in [9.17, 15) is 0 Å². The van der Waals surface area contributed by atoms with Crippen LogP contribution in [-0.4, -0.2) is 14.2 Å². The number of ether oxygens (including phenoxy) is 1. The summed E-state index contributed by atoms with van der Waals surface area (Å²) in [5.74, 6) is 1.54. The van der Waals surface area contributed by atoms with Gasteiger partial charge < -0.3 is 4.74 Å². The number of hydrogen-bond donors (Lipinski definition) is 0. The van der Waals surface area contributed by atoms with Gasteiger partial charge in [-0.15, -0.1) is 0 Å². The second kappa shape index (κ2) is 6.48. The van der Waals surface area contributed by atoms with Crippen LogP contribution in [0.25, 0.3) is 0 Å². The maximum atomic E-state index is 6.58. The smallest absolute Gasteiger partial charge is 0.0720 e. The minimum Gasteiger partial charge on any atom is -0.373 e. The van der Waals surface area contributed by atoms with E-state index in [2.05, 4.69) is 85.7 Å². The van der Waals surface area contributed by atoms with Crippen LogP contribution >= 0.6 is 0 Å². The first kappa shape index (κ1) is 20.1. The molecule has 1 aromatic carbocycles. The van der Waals surface area contributed by atoms with Crippen molar-refractivity contribution in [1.82, 2.24) is 0 Å². The van der Waals surface area contributed by atoms with Gasteiger partial charge in [0, 0.05) is 0 Å². The molecule has 1 nitrogen and oxygen atoms in total. The van der Waals surface area contributed by atoms with Crippen molar-refractivity contribution in [1.29, 1.82) is 0 Å². The summed E-state index contributed by atoms with van der Waals surface area (Å²) in [6.07, 6.45) is 3.04. The summed E-state index contributed by atoms with van der Waals surface area (Å²) in [5.41, 5.74) is 1.31. The molecule has 0 aromatic heterocycles. The van der Waals surface area contributed by atoms with Crippen LogP contribution in [0.3, 0.4) is 0 Å². The van der Waals surface area contributed by atoms with E-state index in [1.54, 1.807) is 0 Å². The van der Waals surface area contributed by atoms with E-state index in [1.165, 1.54) is 24.4 Å². The Morgan fingerprint density at radius 3 is 2.08 bits per heavy atom. The molecule has 1 aliphatic heterocycles. The Balaban J connectivity index is 1.82. The summed E-state index contributed by atoms with van der Waals surface area (Å²) < 4.78 is 6.58. The van der Waals surface area contributed by atoms with E-state index in [0.29, 0.717) is 21.2 Å². The molecule has 1 saturated carbocycles. The molecule has 146 valence electrons. The summed E-state index contributed by atoms with van der Waals surface area (Å²) in [6, 6.07) is 12.2. The normalized spacial score (nSPS) is 34.1. The zero-order valence-corrected chi connectivity index (χ0v) is 19.4. The Kier molecular flexibility index (Phi) is 5.02. The summed E-state index contributed by atoms with van der Waals surface area (Å²) in [7, 11) is -1.43. The van der Waals surface area contributed by atoms with E-state index < -0.39 is 8.07 Å². The van der Waals surface area contributed by atoms with Gasteiger partial charge in [-0.2, -0.15) is 0 Å². The van der Waals surface area contributed by atoms with Crippen LogP contribution in [0.15, 0.2) is 30.3 Å². The summed E-state index contributed by atoms with van der Waals surface area (Å²) in [4.78, 5) is 0. The van der Waals surface area contributed by atoms with Crippen LogP contribution in [0.4, 0.5) is 0 Å². The van der Waals surface area contributed by atoms with Crippen molar-refractivity contribution < 1.29 is 4.74 Å². The van der Waals surface area contributed by atoms with Crippen molar-refractivity contribution in [2.45, 2.75) is 102 Å². The lowest BCUT2D eigenvalue weighted by molar-refractivity contribution is 0.00831. The fraction of sp³-hybridized carbons (Fsp3) is 0.750. The molecule has 4 atom stereocenters. The Morgan fingerprint density at radius 1 is 1.00 bits per heavy atom. The summed E-state index contributed by atoms with van der Waals surface area (Å²) >= 11 is 0. The molecule has 0 amide bonds. The quantitative estimate of drug-likeness (QED) is 0.499. The van der Waals surface area contributed by atoms with Gasteiger partial charge in [0.2, 0.25) is 0 Å². The number of benzene rings is 1. The second-order valence-electron chi connectivity index (χ2n) is 11.5. The summed E-state index contributed by atoms with van der Waals surface area (Å²) in [6.45, 7) is 21.0. The molecule has 1 heterocycles. The molecule has 2 aliphatic rings. The molecule has 1 saturated heterocycles. The number of hydrogen-bond acceptors (Lipinski definition) is 1. The molecule has 26 heavy (non-hydrogen) atoms. The van der Waals surface area contributed by atoms with E-state index >= 15 is 0 Å². The van der Waals surface area contributed by atoms with Gasteiger partial charge in [-0.05, 0) is 45.4 Å². The monoisotopic (exact) mass is 372 g/mol. The van der Waals surface area contributed by atoms with Gasteiger partial charge >= 0.3 is 0 Å². The topological polar surface area (TPSA) is 9.23 Å². The van der Waals surface area contributed by atoms with E-state index in [-0.39, 0.29) is 0 Å². The van der Waals surface area contributed by atoms with Gasteiger partial charge in [0.1, 0.15) is 0 Å². The molecule has 1 unspecified atom stereocenters. The highest BCUT2D eigenvalue weighted by atomic mass is 28.3. The molecule has 0 spiro atoms. The standard InChI is InChI=1S/C24H40OSi/c1-18-14-20(21(15-18)25-16-19-12-10-9-11-13-19)24(8)17-26(24,22(2,3)4)23(5,6)7/h9-13,18,20-21H,14-17H2,1-8H3/t18-,20-,21-,24?/m1/s1. The molecule has 3 rings (SSSR count). The summed E-state index contributed by atoms with van der Waals surface area (Å²) in [5, 5.41) is 1.43. The molecule has 0 N–H and O–H groups in total. The maximum Gasteiger partial charge on any atom is 0.0720 e. The highest BCUT2D eigenvalue weighted by Gasteiger charge is 2.78. The predicted octanol–water partition coefficient (Wildman–Crippen LogP) is 7.44. The van der Waals surface area contributed by atoms with Gasteiger partial charge in [0.25, 0.3) is 0 Å². The fourth-order valence-corrected chi connectivity index (χ4v) is 16.7. The van der Waals surface area contributed by atoms with Crippen molar-refractivity contribution in [3.05, 3.63) is 35.9 Å². The van der Waals surface area contributed by atoms with Crippen molar-refractivity contribution in [2.75, 3.05) is 0 Å². The molecule has 0 radical (unpaired) electrons. The average Bonchev–Trinajstić information content (AvgIpc) is 3.04. The third kappa shape index (κ3) is 3.11. The maximum absolute atomic E-state index is 6.58. The lowest BCUT2D eigenvalue weighted by Crippen LogP contribution is -2.44. The Bertz CT molecular complexity index is 610. The largest absolute Gasteiger partial charge is 0.373 e. The Labute approximate surface area is 162 Å². The molecule has 1 aliphatic carbocycles. The highest BCUT2D eigenvalue weighted by molar-refractivity contribution is 6.97. The van der Waals surface area contributed by atoms with E-state index in [0.717, 1.165) is 18.4 Å². The zero-order valence-electron chi connectivity index (χ0n) is 18.4. The molecular formula is C24H40OSi. The Hall–Kier alpha value is -0.603. The first-order valence-corrected chi connectivity index (χ1v) is 12.8. The van der Waals surface area contributed by atoms with Gasteiger partial charge in [0.05, 0.1) is 20.8 Å². The molecule has 2 fully saturated rings. The van der Waals surface area contributed by atoms with Crippen molar-refractivity contribution >= 4 is 8.07 Å². The van der Waals surface area contributed by atoms with Gasteiger partial charge in [-0.3, -0.25) is 0 Å². The first-order valence-electron chi connectivity index (χ1n) is 10.6. The Morgan fingerprint density at radius 2 is 1.58 bits per heavy atom. The molecule has 0 bridgehead atoms. The second-order valence-corrected chi connectivity index (χ2v) is 17.8.